The summed E-state index contributed by atoms with van der Waals surface area (Å²) in [5.74, 6) is 5.74. The molecular formula is C52H56BN7. The highest BCUT2D eigenvalue weighted by Crippen LogP contribution is 2.69. The number of fused-ring (bicyclic) bond motifs is 13. The van der Waals surface area contributed by atoms with Crippen molar-refractivity contribution in [3.05, 3.63) is 143 Å². The van der Waals surface area contributed by atoms with Gasteiger partial charge in [-0.15, -0.1) is 0 Å². The van der Waals surface area contributed by atoms with E-state index in [1.807, 2.05) is 24.0 Å². The maximum atomic E-state index is 5.09. The highest BCUT2D eigenvalue weighted by molar-refractivity contribution is 6.82. The van der Waals surface area contributed by atoms with Crippen LogP contribution < -0.4 is 15.5 Å². The Morgan fingerprint density at radius 3 is 2.43 bits per heavy atom. The molecule has 10 aliphatic rings. The summed E-state index contributed by atoms with van der Waals surface area (Å²) in [6.45, 7) is 7.55. The summed E-state index contributed by atoms with van der Waals surface area (Å²) in [7, 11) is 0. The number of para-hydroxylation sites is 1. The zero-order chi connectivity index (χ0) is 39.2. The first-order chi connectivity index (χ1) is 29.7. The van der Waals surface area contributed by atoms with E-state index in [2.05, 4.69) is 104 Å². The Morgan fingerprint density at radius 1 is 0.767 bits per heavy atom. The van der Waals surface area contributed by atoms with Gasteiger partial charge >= 0.3 is 0 Å². The van der Waals surface area contributed by atoms with Crippen LogP contribution in [-0.4, -0.2) is 63.4 Å². The molecule has 0 amide bonds. The summed E-state index contributed by atoms with van der Waals surface area (Å²) < 4.78 is 2.95. The van der Waals surface area contributed by atoms with E-state index in [9.17, 15) is 0 Å². The van der Waals surface area contributed by atoms with Crippen LogP contribution in [0.3, 0.4) is 0 Å². The van der Waals surface area contributed by atoms with E-state index in [4.69, 9.17) is 16.5 Å². The predicted molar refractivity (Wildman–Crippen MR) is 241 cm³/mol. The number of aromatic nitrogens is 3. The number of hydrogen-bond acceptors (Lipinski definition) is 6. The second-order valence-corrected chi connectivity index (χ2v) is 20.2. The van der Waals surface area contributed by atoms with Crippen LogP contribution in [0.5, 0.6) is 0 Å². The van der Waals surface area contributed by atoms with Gasteiger partial charge in [-0.1, -0.05) is 91.7 Å². The average molecular weight is 790 g/mol. The third-order valence-electron chi connectivity index (χ3n) is 17.8. The molecule has 2 aromatic carbocycles. The maximum Gasteiger partial charge on any atom is 0.191 e. The summed E-state index contributed by atoms with van der Waals surface area (Å²) in [4.78, 5) is 16.1. The fourth-order valence-corrected chi connectivity index (χ4v) is 16.0. The van der Waals surface area contributed by atoms with Gasteiger partial charge < -0.3 is 25.0 Å². The predicted octanol–water partition coefficient (Wildman–Crippen LogP) is 9.77. The molecule has 4 aromatic rings. The maximum absolute atomic E-state index is 5.09. The van der Waals surface area contributed by atoms with Crippen molar-refractivity contribution in [1.29, 1.82) is 0 Å². The van der Waals surface area contributed by atoms with Crippen molar-refractivity contribution < 1.29 is 0 Å². The third kappa shape index (κ3) is 4.65. The Balaban J connectivity index is 1.03. The van der Waals surface area contributed by atoms with Gasteiger partial charge in [-0.2, -0.15) is 0 Å². The van der Waals surface area contributed by atoms with Gasteiger partial charge in [-0.3, -0.25) is 0 Å². The second-order valence-electron chi connectivity index (χ2n) is 20.2. The van der Waals surface area contributed by atoms with Gasteiger partial charge in [-0.25, -0.2) is 9.97 Å². The topological polar surface area (TPSA) is 61.2 Å². The standard InChI is InChI=1S/C52H56BN7/c1-30-13-10-20-37-49-42(30)44-46-39(21-11-23-54-46)58(34-17-6-3-7-18-34)52(44)60(49)41-29-33(51-56-24-12-25-57-51)28-40-45(41)53(37)38-22-26-55-47-43-35-19-9-8-16-32(35)27-36(31-14-4-2-5-15-31)48(43)59(40)50(38)47/h2-7,10,12-15,17-18,20,24-25,32-33,35-36,38-41,45-47,50,54-55H,1,8-9,11,16,19,21-23,26-29H2. The molecule has 2 aromatic heterocycles. The van der Waals surface area contributed by atoms with Crippen molar-refractivity contribution >= 4 is 29.3 Å². The van der Waals surface area contributed by atoms with Gasteiger partial charge in [0.25, 0.3) is 0 Å². The van der Waals surface area contributed by atoms with E-state index < -0.39 is 0 Å². The highest BCUT2D eigenvalue weighted by Gasteiger charge is 2.67. The monoisotopic (exact) mass is 789 g/mol. The first kappa shape index (κ1) is 35.0. The number of piperidine rings is 2. The number of hydrogen-bond donors (Lipinski definition) is 2. The minimum Gasteiger partial charge on any atom is -0.367 e. The van der Waals surface area contributed by atoms with Crippen LogP contribution >= 0.6 is 0 Å². The summed E-state index contributed by atoms with van der Waals surface area (Å²) in [5, 5.41) is 8.43. The second kappa shape index (κ2) is 13.2. The van der Waals surface area contributed by atoms with Gasteiger partial charge in [-0.05, 0) is 123 Å². The zero-order valence-electron chi connectivity index (χ0n) is 34.7. The quantitative estimate of drug-likeness (QED) is 0.202. The van der Waals surface area contributed by atoms with Crippen molar-refractivity contribution in [2.45, 2.75) is 124 Å². The van der Waals surface area contributed by atoms with Gasteiger partial charge in [0.2, 0.25) is 0 Å². The van der Waals surface area contributed by atoms with Crippen LogP contribution in [0, 0.1) is 11.8 Å². The van der Waals surface area contributed by atoms with E-state index in [1.54, 1.807) is 11.2 Å². The average Bonchev–Trinajstić information content (AvgIpc) is 3.92. The molecule has 12 atom stereocenters. The molecule has 14 rings (SSSR count). The van der Waals surface area contributed by atoms with E-state index in [1.165, 1.54) is 90.8 Å². The van der Waals surface area contributed by atoms with Gasteiger partial charge in [0, 0.05) is 70.6 Å². The Morgan fingerprint density at radius 2 is 1.57 bits per heavy atom. The van der Waals surface area contributed by atoms with Gasteiger partial charge in [0.15, 0.2) is 6.71 Å². The largest absolute Gasteiger partial charge is 0.367 e. The lowest BCUT2D eigenvalue weighted by molar-refractivity contribution is 0.0739. The molecule has 8 heterocycles. The SMILES string of the molecule is C=C1C=CC=C2B3C4CCNC5C6=C(C(c7ccccc7)CC7CCCCC67)N(C6CC(c7ncccn7)CC(C36)n3c2c1c1c3N(c2ccccc2)C2CCCNC12)C45. The molecule has 7 nitrogen and oxygen atoms in total. The smallest absolute Gasteiger partial charge is 0.191 e. The number of benzene rings is 2. The minimum absolute atomic E-state index is 0.272. The Kier molecular flexibility index (Phi) is 7.68. The third-order valence-corrected chi connectivity index (χ3v) is 17.8. The summed E-state index contributed by atoms with van der Waals surface area (Å²) in [5.41, 5.74) is 13.6. The molecule has 0 bridgehead atoms. The Bertz CT molecular complexity index is 2490. The fourth-order valence-electron chi connectivity index (χ4n) is 16.0. The highest BCUT2D eigenvalue weighted by atomic mass is 15.4. The van der Waals surface area contributed by atoms with E-state index in [0.29, 0.717) is 60.4 Å². The first-order valence-electron chi connectivity index (χ1n) is 23.8. The molecule has 2 saturated carbocycles. The molecule has 0 radical (unpaired) electrons. The van der Waals surface area contributed by atoms with Crippen LogP contribution in [0.4, 0.5) is 11.5 Å². The number of rotatable bonds is 3. The van der Waals surface area contributed by atoms with Gasteiger partial charge in [0.1, 0.15) is 11.6 Å². The van der Waals surface area contributed by atoms with Crippen LogP contribution in [0.15, 0.2) is 115 Å². The lowest BCUT2D eigenvalue weighted by atomic mass is 9.22. The van der Waals surface area contributed by atoms with Crippen molar-refractivity contribution in [1.82, 2.24) is 30.1 Å². The molecule has 3 saturated heterocycles. The molecule has 60 heavy (non-hydrogen) atoms. The van der Waals surface area contributed by atoms with Crippen molar-refractivity contribution in [2.75, 3.05) is 18.0 Å². The van der Waals surface area contributed by atoms with Crippen molar-refractivity contribution in [3.8, 4) is 0 Å². The van der Waals surface area contributed by atoms with Crippen LogP contribution in [-0.2, 0) is 0 Å². The first-order valence-corrected chi connectivity index (χ1v) is 23.8. The molecule has 0 spiro atoms. The molecular weight excluding hydrogens is 733 g/mol. The van der Waals surface area contributed by atoms with E-state index in [-0.39, 0.29) is 12.0 Å². The van der Waals surface area contributed by atoms with Crippen LogP contribution in [0.25, 0.3) is 11.0 Å². The molecule has 5 fully saturated rings. The summed E-state index contributed by atoms with van der Waals surface area (Å²) in [6.07, 6.45) is 23.9. The molecule has 8 heteroatoms. The summed E-state index contributed by atoms with van der Waals surface area (Å²) in [6, 6.07) is 27.4. The lowest BCUT2D eigenvalue weighted by Crippen LogP contribution is -2.67. The minimum atomic E-state index is 0.272. The molecule has 6 aliphatic heterocycles. The Labute approximate surface area is 355 Å². The van der Waals surface area contributed by atoms with Gasteiger partial charge in [0.05, 0.1) is 18.1 Å². The van der Waals surface area contributed by atoms with Crippen molar-refractivity contribution in [2.24, 2.45) is 11.8 Å². The molecule has 12 unspecified atom stereocenters. The van der Waals surface area contributed by atoms with E-state index in [0.717, 1.165) is 37.7 Å². The number of allylic oxidation sites excluding steroid dienone is 5. The Hall–Kier alpha value is -4.66. The number of nitrogens with one attached hydrogen (secondary N) is 2. The lowest BCUT2D eigenvalue weighted by Gasteiger charge is -2.62. The van der Waals surface area contributed by atoms with E-state index >= 15 is 0 Å². The fraction of sp³-hybridized carbons (Fsp3) is 0.462. The molecule has 4 aliphatic carbocycles. The zero-order valence-corrected chi connectivity index (χ0v) is 34.7. The summed E-state index contributed by atoms with van der Waals surface area (Å²) >= 11 is 0. The number of nitrogens with zero attached hydrogens (tertiary/aromatic N) is 5. The molecule has 2 N–H and O–H groups in total. The van der Waals surface area contributed by atoms with Crippen LogP contribution in [0.1, 0.15) is 116 Å². The van der Waals surface area contributed by atoms with Crippen molar-refractivity contribution in [3.63, 3.8) is 0 Å². The normalized spacial score (nSPS) is 36.6. The molecule has 302 valence electrons. The van der Waals surface area contributed by atoms with Crippen LogP contribution in [0.2, 0.25) is 11.6 Å². The number of anilines is 2.